The van der Waals surface area contributed by atoms with Crippen molar-refractivity contribution < 1.29 is 4.79 Å². The summed E-state index contributed by atoms with van der Waals surface area (Å²) in [7, 11) is 0. The van der Waals surface area contributed by atoms with Gasteiger partial charge in [0.25, 0.3) is 0 Å². The predicted octanol–water partition coefficient (Wildman–Crippen LogP) is 3.82. The number of amides is 1. The summed E-state index contributed by atoms with van der Waals surface area (Å²) in [4.78, 5) is 16.3. The molecule has 0 bridgehead atoms. The van der Waals surface area contributed by atoms with Crippen molar-refractivity contribution in [2.45, 2.75) is 0 Å². The first-order valence-electron chi connectivity index (χ1n) is 6.58. The number of hydrogen-bond acceptors (Lipinski definition) is 4. The number of fused-ring (bicyclic) bond motifs is 1. The Hall–Kier alpha value is -2.97. The smallest absolute Gasteiger partial charge is 0.249 e. The highest BCUT2D eigenvalue weighted by molar-refractivity contribution is 7.14. The predicted molar refractivity (Wildman–Crippen MR) is 88.4 cm³/mol. The normalized spacial score (nSPS) is 10.7. The summed E-state index contributed by atoms with van der Waals surface area (Å²) < 4.78 is 0. The van der Waals surface area contributed by atoms with E-state index >= 15 is 0 Å². The lowest BCUT2D eigenvalue weighted by Gasteiger charge is -2.01. The maximum absolute atomic E-state index is 12.0. The number of rotatable bonds is 3. The molecule has 2 heterocycles. The number of carbonyl (C=O) groups excluding carboxylic acids is 1. The number of carbonyl (C=O) groups is 1. The van der Waals surface area contributed by atoms with Gasteiger partial charge in [0.2, 0.25) is 5.91 Å². The van der Waals surface area contributed by atoms with Gasteiger partial charge in [-0.15, -0.1) is 11.3 Å². The molecule has 1 amide bonds. The second kappa shape index (κ2) is 6.20. The quantitative estimate of drug-likeness (QED) is 0.748. The highest BCUT2D eigenvalue weighted by Gasteiger charge is 2.06. The van der Waals surface area contributed by atoms with Crippen molar-refractivity contribution in [1.82, 2.24) is 4.98 Å². The second-order valence-electron chi connectivity index (χ2n) is 4.52. The molecular weight excluding hydrogens is 294 g/mol. The number of nitrogens with one attached hydrogen (secondary N) is 1. The standard InChI is InChI=1S/C17H11N3OS/c18-11-14-8-10-22-17(14)20-15(21)7-6-13-4-1-3-12-5-2-9-19-16(12)13/h1-10H,(H,20,21)/b7-6-. The Balaban J connectivity index is 1.81. The third-order valence-corrected chi connectivity index (χ3v) is 3.93. The number of nitrogens with zero attached hydrogens (tertiary/aromatic N) is 2. The van der Waals surface area contributed by atoms with Crippen molar-refractivity contribution in [2.75, 3.05) is 5.32 Å². The Morgan fingerprint density at radius 2 is 2.14 bits per heavy atom. The zero-order valence-electron chi connectivity index (χ0n) is 11.5. The molecule has 0 saturated heterocycles. The van der Waals surface area contributed by atoms with Crippen LogP contribution in [0.3, 0.4) is 0 Å². The number of aromatic nitrogens is 1. The largest absolute Gasteiger partial charge is 0.313 e. The first-order valence-corrected chi connectivity index (χ1v) is 7.46. The molecule has 0 aliphatic carbocycles. The SMILES string of the molecule is N#Cc1ccsc1NC(=O)/C=C\c1cccc2cccnc12. The van der Waals surface area contributed by atoms with Crippen LogP contribution in [0, 0.1) is 11.3 Å². The van der Waals surface area contributed by atoms with E-state index in [2.05, 4.69) is 10.3 Å². The lowest BCUT2D eigenvalue weighted by molar-refractivity contribution is -0.111. The summed E-state index contributed by atoms with van der Waals surface area (Å²) in [5.74, 6) is -0.271. The number of para-hydroxylation sites is 1. The lowest BCUT2D eigenvalue weighted by atomic mass is 10.1. The zero-order valence-corrected chi connectivity index (χ0v) is 12.3. The third-order valence-electron chi connectivity index (χ3n) is 3.10. The summed E-state index contributed by atoms with van der Waals surface area (Å²) in [5, 5.41) is 15.0. The van der Waals surface area contributed by atoms with Crippen LogP contribution in [0.4, 0.5) is 5.00 Å². The molecule has 22 heavy (non-hydrogen) atoms. The van der Waals surface area contributed by atoms with Gasteiger partial charge < -0.3 is 5.32 Å². The number of benzene rings is 1. The van der Waals surface area contributed by atoms with Gasteiger partial charge in [-0.3, -0.25) is 9.78 Å². The Morgan fingerprint density at radius 3 is 3.00 bits per heavy atom. The molecule has 4 nitrogen and oxygen atoms in total. The fourth-order valence-electron chi connectivity index (χ4n) is 2.08. The fourth-order valence-corrected chi connectivity index (χ4v) is 2.82. The Bertz CT molecular complexity index is 900. The summed E-state index contributed by atoms with van der Waals surface area (Å²) >= 11 is 1.33. The average Bonchev–Trinajstić information content (AvgIpc) is 3.00. The van der Waals surface area contributed by atoms with Crippen LogP contribution in [-0.2, 0) is 4.79 Å². The summed E-state index contributed by atoms with van der Waals surface area (Å²) in [6.45, 7) is 0. The summed E-state index contributed by atoms with van der Waals surface area (Å²) in [6, 6.07) is 13.4. The molecule has 1 N–H and O–H groups in total. The number of nitriles is 1. The topological polar surface area (TPSA) is 65.8 Å². The Kier molecular flexibility index (Phi) is 3.95. The van der Waals surface area contributed by atoms with Crippen LogP contribution in [0.15, 0.2) is 54.1 Å². The van der Waals surface area contributed by atoms with Gasteiger partial charge in [-0.1, -0.05) is 24.3 Å². The molecule has 3 rings (SSSR count). The van der Waals surface area contributed by atoms with Crippen molar-refractivity contribution in [1.29, 1.82) is 5.26 Å². The van der Waals surface area contributed by atoms with E-state index in [-0.39, 0.29) is 5.91 Å². The Labute approximate surface area is 131 Å². The molecule has 0 atom stereocenters. The van der Waals surface area contributed by atoms with Gasteiger partial charge in [0.1, 0.15) is 11.1 Å². The first-order chi connectivity index (χ1) is 10.8. The van der Waals surface area contributed by atoms with Crippen LogP contribution in [0.5, 0.6) is 0 Å². The third kappa shape index (κ3) is 2.87. The number of thiophene rings is 1. The fraction of sp³-hybridized carbons (Fsp3) is 0. The minimum Gasteiger partial charge on any atom is -0.313 e. The van der Waals surface area contributed by atoms with E-state index in [0.29, 0.717) is 10.6 Å². The van der Waals surface area contributed by atoms with Crippen molar-refractivity contribution in [3.63, 3.8) is 0 Å². The van der Waals surface area contributed by atoms with Gasteiger partial charge in [0.05, 0.1) is 11.1 Å². The number of hydrogen-bond donors (Lipinski definition) is 1. The molecule has 3 aromatic rings. The number of pyridine rings is 1. The van der Waals surface area contributed by atoms with Crippen LogP contribution in [0.2, 0.25) is 0 Å². The van der Waals surface area contributed by atoms with Crippen molar-refractivity contribution >= 4 is 39.2 Å². The molecular formula is C17H11N3OS. The molecule has 0 saturated carbocycles. The molecule has 0 aliphatic heterocycles. The van der Waals surface area contributed by atoms with E-state index in [1.165, 1.54) is 17.4 Å². The minimum atomic E-state index is -0.271. The van der Waals surface area contributed by atoms with Gasteiger partial charge in [-0.25, -0.2) is 0 Å². The van der Waals surface area contributed by atoms with E-state index in [9.17, 15) is 4.79 Å². The highest BCUT2D eigenvalue weighted by atomic mass is 32.1. The maximum Gasteiger partial charge on any atom is 0.249 e. The minimum absolute atomic E-state index is 0.271. The summed E-state index contributed by atoms with van der Waals surface area (Å²) in [6.07, 6.45) is 4.90. The van der Waals surface area contributed by atoms with E-state index in [4.69, 9.17) is 5.26 Å². The van der Waals surface area contributed by atoms with Crippen LogP contribution in [-0.4, -0.2) is 10.9 Å². The molecule has 106 valence electrons. The van der Waals surface area contributed by atoms with E-state index < -0.39 is 0 Å². The molecule has 0 aliphatic rings. The Morgan fingerprint density at radius 1 is 1.27 bits per heavy atom. The molecule has 0 unspecified atom stereocenters. The first kappa shape index (κ1) is 14.0. The van der Waals surface area contributed by atoms with Crippen molar-refractivity contribution in [3.8, 4) is 6.07 Å². The van der Waals surface area contributed by atoms with E-state index in [0.717, 1.165) is 16.5 Å². The zero-order chi connectivity index (χ0) is 15.4. The van der Waals surface area contributed by atoms with E-state index in [1.54, 1.807) is 23.7 Å². The lowest BCUT2D eigenvalue weighted by Crippen LogP contribution is -2.07. The monoisotopic (exact) mass is 305 g/mol. The van der Waals surface area contributed by atoms with Gasteiger partial charge in [0, 0.05) is 23.2 Å². The van der Waals surface area contributed by atoms with Crippen LogP contribution >= 0.6 is 11.3 Å². The van der Waals surface area contributed by atoms with Gasteiger partial charge in [-0.05, 0) is 23.6 Å². The average molecular weight is 305 g/mol. The van der Waals surface area contributed by atoms with E-state index in [1.807, 2.05) is 36.4 Å². The molecule has 0 radical (unpaired) electrons. The maximum atomic E-state index is 12.0. The molecule has 1 aromatic carbocycles. The second-order valence-corrected chi connectivity index (χ2v) is 5.44. The van der Waals surface area contributed by atoms with Crippen LogP contribution < -0.4 is 5.32 Å². The molecule has 0 fully saturated rings. The highest BCUT2D eigenvalue weighted by Crippen LogP contribution is 2.22. The van der Waals surface area contributed by atoms with Gasteiger partial charge in [-0.2, -0.15) is 5.26 Å². The van der Waals surface area contributed by atoms with Gasteiger partial charge in [0.15, 0.2) is 0 Å². The number of anilines is 1. The van der Waals surface area contributed by atoms with Gasteiger partial charge >= 0.3 is 0 Å². The van der Waals surface area contributed by atoms with Crippen LogP contribution in [0.25, 0.3) is 17.0 Å². The van der Waals surface area contributed by atoms with Crippen LogP contribution in [0.1, 0.15) is 11.1 Å². The van der Waals surface area contributed by atoms with Crippen molar-refractivity contribution in [3.05, 3.63) is 65.2 Å². The summed E-state index contributed by atoms with van der Waals surface area (Å²) in [5.41, 5.74) is 2.20. The molecule has 0 spiro atoms. The molecule has 5 heteroatoms. The molecule has 2 aromatic heterocycles. The van der Waals surface area contributed by atoms with Crippen molar-refractivity contribution in [2.24, 2.45) is 0 Å².